The van der Waals surface area contributed by atoms with Crippen molar-refractivity contribution in [2.24, 2.45) is 11.3 Å². The third kappa shape index (κ3) is 4.31. The van der Waals surface area contributed by atoms with Crippen LogP contribution in [-0.4, -0.2) is 56.9 Å². The molecular formula is C13H17FN5O11P3. The van der Waals surface area contributed by atoms with Gasteiger partial charge in [0.25, 0.3) is 0 Å². The third-order valence-electron chi connectivity index (χ3n) is 5.51. The van der Waals surface area contributed by atoms with E-state index in [9.17, 15) is 33.0 Å². The van der Waals surface area contributed by atoms with Crippen LogP contribution < -0.4 is 5.73 Å². The fourth-order valence-corrected chi connectivity index (χ4v) is 7.51. The van der Waals surface area contributed by atoms with E-state index in [4.69, 9.17) is 20.0 Å². The molecule has 6 atom stereocenters. The lowest BCUT2D eigenvalue weighted by atomic mass is 9.62. The lowest BCUT2D eigenvalue weighted by Gasteiger charge is -2.48. The number of aromatic nitrogens is 4. The van der Waals surface area contributed by atoms with Crippen LogP contribution in [0.4, 0.5) is 10.2 Å². The Labute approximate surface area is 183 Å². The standard InChI is InChI=1S/C13H17FN5O11P3/c14-2-6-10(19-5-18-9-11(15)16-4-17-12(9)19)7(3-20)13(6)1-8(13)28-32(24,25)30-33(26,27)29-31(21,22)23/h2,4-5,7-8,10,20H,1,3H2,(H,24,25)(H,26,27)(H2,15,16,17)(H2,21,22,23)/b6-2+/t7-,8?,10+,13?/m0/s1. The number of hydrogen-bond acceptors (Lipinski definition) is 11. The molecule has 20 heteroatoms. The molecule has 16 nitrogen and oxygen atoms in total. The molecule has 4 unspecified atom stereocenters. The number of halogens is 1. The first-order valence-electron chi connectivity index (χ1n) is 8.91. The molecule has 4 rings (SSSR count). The third-order valence-corrected chi connectivity index (χ3v) is 9.36. The summed E-state index contributed by atoms with van der Waals surface area (Å²) in [5.74, 6) is -0.679. The second kappa shape index (κ2) is 7.97. The Bertz CT molecular complexity index is 1280. The summed E-state index contributed by atoms with van der Waals surface area (Å²) in [6.07, 6.45) is 1.42. The Kier molecular flexibility index (Phi) is 5.92. The van der Waals surface area contributed by atoms with Crippen LogP contribution in [-0.2, 0) is 26.8 Å². The second-order valence-electron chi connectivity index (χ2n) is 7.31. The maximum Gasteiger partial charge on any atom is 0.490 e. The number of phosphoric acid groups is 3. The smallest absolute Gasteiger partial charge is 0.396 e. The van der Waals surface area contributed by atoms with Gasteiger partial charge in [0.05, 0.1) is 24.8 Å². The Morgan fingerprint density at radius 3 is 2.48 bits per heavy atom. The first kappa shape index (κ1) is 24.5. The number of nitrogens with two attached hydrogens (primary N) is 1. The Hall–Kier alpha value is -1.61. The summed E-state index contributed by atoms with van der Waals surface area (Å²) in [7, 11) is -16.7. The summed E-state index contributed by atoms with van der Waals surface area (Å²) < 4.78 is 61.9. The van der Waals surface area contributed by atoms with Gasteiger partial charge in [-0.25, -0.2) is 33.0 Å². The van der Waals surface area contributed by atoms with E-state index in [1.807, 2.05) is 0 Å². The number of imidazole rings is 1. The molecule has 2 fully saturated rings. The first-order chi connectivity index (χ1) is 15.2. The van der Waals surface area contributed by atoms with Crippen LogP contribution in [0, 0.1) is 11.3 Å². The van der Waals surface area contributed by atoms with Crippen LogP contribution >= 0.6 is 23.5 Å². The van der Waals surface area contributed by atoms with Crippen LogP contribution in [0.25, 0.3) is 11.2 Å². The van der Waals surface area contributed by atoms with Crippen LogP contribution in [0.3, 0.4) is 0 Å². The zero-order valence-electron chi connectivity index (χ0n) is 16.1. The zero-order chi connectivity index (χ0) is 24.4. The largest absolute Gasteiger partial charge is 0.490 e. The van der Waals surface area contributed by atoms with Crippen molar-refractivity contribution in [3.63, 3.8) is 0 Å². The highest BCUT2D eigenvalue weighted by atomic mass is 31.3. The molecule has 0 saturated heterocycles. The van der Waals surface area contributed by atoms with E-state index in [0.717, 1.165) is 0 Å². The number of hydrogen-bond donors (Lipinski definition) is 6. The number of nitrogens with zero attached hydrogens (tertiary/aromatic N) is 4. The topological polar surface area (TPSA) is 250 Å². The predicted octanol–water partition coefficient (Wildman–Crippen LogP) is 0.527. The molecule has 2 heterocycles. The highest BCUT2D eigenvalue weighted by Crippen LogP contribution is 2.76. The van der Waals surface area contributed by atoms with Crippen molar-refractivity contribution in [1.29, 1.82) is 0 Å². The van der Waals surface area contributed by atoms with Gasteiger partial charge in [-0.2, -0.15) is 8.62 Å². The molecule has 2 saturated carbocycles. The van der Waals surface area contributed by atoms with E-state index < -0.39 is 53.6 Å². The summed E-state index contributed by atoms with van der Waals surface area (Å²) >= 11 is 0. The molecule has 2 aliphatic rings. The number of rotatable bonds is 8. The lowest BCUT2D eigenvalue weighted by molar-refractivity contribution is 0.0396. The highest BCUT2D eigenvalue weighted by Gasteiger charge is 2.74. The van der Waals surface area contributed by atoms with Gasteiger partial charge in [0.1, 0.15) is 11.8 Å². The van der Waals surface area contributed by atoms with Crippen LogP contribution in [0.2, 0.25) is 0 Å². The second-order valence-corrected chi connectivity index (χ2v) is 11.7. The van der Waals surface area contributed by atoms with Gasteiger partial charge in [-0.15, -0.1) is 0 Å². The molecule has 7 N–H and O–H groups in total. The number of phosphoric ester groups is 1. The molecule has 2 aromatic rings. The van der Waals surface area contributed by atoms with Crippen molar-refractivity contribution < 1.29 is 55.9 Å². The zero-order valence-corrected chi connectivity index (χ0v) is 18.8. The van der Waals surface area contributed by atoms with E-state index >= 15 is 0 Å². The molecule has 0 bridgehead atoms. The Morgan fingerprint density at radius 1 is 1.18 bits per heavy atom. The van der Waals surface area contributed by atoms with Crippen LogP contribution in [0.5, 0.6) is 0 Å². The van der Waals surface area contributed by atoms with E-state index in [0.29, 0.717) is 0 Å². The SMILES string of the molecule is Nc1ncnc2c1ncn2[C@@H]1/C(=C\F)C2(CC2OP(=O)(O)OP(=O)(O)OP(=O)(O)O)[C@H]1CO. The molecule has 0 amide bonds. The minimum Gasteiger partial charge on any atom is -0.396 e. The summed E-state index contributed by atoms with van der Waals surface area (Å²) in [5, 5.41) is 9.95. The highest BCUT2D eigenvalue weighted by molar-refractivity contribution is 7.66. The lowest BCUT2D eigenvalue weighted by Crippen LogP contribution is -2.47. The average Bonchev–Trinajstić information content (AvgIpc) is 3.19. The van der Waals surface area contributed by atoms with Crippen molar-refractivity contribution in [1.82, 2.24) is 19.5 Å². The van der Waals surface area contributed by atoms with Crippen molar-refractivity contribution in [3.8, 4) is 0 Å². The Balaban J connectivity index is 1.55. The first-order valence-corrected chi connectivity index (χ1v) is 13.4. The van der Waals surface area contributed by atoms with Gasteiger partial charge >= 0.3 is 23.5 Å². The average molecular weight is 531 g/mol. The monoisotopic (exact) mass is 531 g/mol. The molecule has 2 aromatic heterocycles. The number of aliphatic hydroxyl groups excluding tert-OH is 1. The summed E-state index contributed by atoms with van der Waals surface area (Å²) in [6, 6.07) is -0.811. The quantitative estimate of drug-likeness (QED) is 0.254. The summed E-state index contributed by atoms with van der Waals surface area (Å²) in [4.78, 5) is 48.2. The molecule has 1 spiro atoms. The fraction of sp³-hybridized carbons (Fsp3) is 0.462. The van der Waals surface area contributed by atoms with E-state index in [1.165, 1.54) is 17.2 Å². The van der Waals surface area contributed by atoms with E-state index in [1.54, 1.807) is 0 Å². The number of nitrogen functional groups attached to an aromatic ring is 1. The normalized spacial score (nSPS) is 31.9. The number of aliphatic hydroxyl groups is 1. The molecule has 2 aliphatic carbocycles. The van der Waals surface area contributed by atoms with Gasteiger partial charge in [0, 0.05) is 17.9 Å². The minimum absolute atomic E-state index is 0.0571. The van der Waals surface area contributed by atoms with E-state index in [2.05, 4.69) is 23.6 Å². The van der Waals surface area contributed by atoms with Gasteiger partial charge in [-0.1, -0.05) is 0 Å². The molecule has 182 valence electrons. The summed E-state index contributed by atoms with van der Waals surface area (Å²) in [6.45, 7) is -0.515. The predicted molar refractivity (Wildman–Crippen MR) is 104 cm³/mol. The minimum atomic E-state index is -5.70. The molecule has 0 aliphatic heterocycles. The fourth-order valence-electron chi connectivity index (χ4n) is 4.27. The van der Waals surface area contributed by atoms with Crippen molar-refractivity contribution in [2.45, 2.75) is 18.6 Å². The van der Waals surface area contributed by atoms with Gasteiger partial charge in [0.2, 0.25) is 0 Å². The number of anilines is 1. The van der Waals surface area contributed by atoms with E-state index in [-0.39, 0.29) is 35.3 Å². The maximum absolute atomic E-state index is 13.9. The van der Waals surface area contributed by atoms with Crippen molar-refractivity contribution in [3.05, 3.63) is 24.6 Å². The van der Waals surface area contributed by atoms with Gasteiger partial charge in [-0.05, 0) is 12.0 Å². The summed E-state index contributed by atoms with van der Waals surface area (Å²) in [5.41, 5.74) is 5.05. The van der Waals surface area contributed by atoms with Gasteiger partial charge < -0.3 is 35.0 Å². The molecular weight excluding hydrogens is 514 g/mol. The molecule has 0 aromatic carbocycles. The van der Waals surface area contributed by atoms with Gasteiger partial charge in [-0.3, -0.25) is 4.52 Å². The molecule has 0 radical (unpaired) electrons. The van der Waals surface area contributed by atoms with Crippen LogP contribution in [0.1, 0.15) is 12.5 Å². The molecule has 33 heavy (non-hydrogen) atoms. The van der Waals surface area contributed by atoms with Gasteiger partial charge in [0.15, 0.2) is 11.5 Å². The van der Waals surface area contributed by atoms with Crippen LogP contribution in [0.15, 0.2) is 24.6 Å². The van der Waals surface area contributed by atoms with Crippen molar-refractivity contribution in [2.75, 3.05) is 12.3 Å². The maximum atomic E-state index is 13.9. The van der Waals surface area contributed by atoms with Crippen molar-refractivity contribution >= 4 is 40.4 Å². The number of fused-ring (bicyclic) bond motifs is 1. The Morgan fingerprint density at radius 2 is 1.88 bits per heavy atom.